The molecule has 2 aromatic rings. The van der Waals surface area contributed by atoms with Crippen LogP contribution in [0.15, 0.2) is 42.5 Å². The Balaban J connectivity index is 1.61. The van der Waals surface area contributed by atoms with Gasteiger partial charge in [-0.05, 0) is 42.8 Å². The first-order valence-electron chi connectivity index (χ1n) is 9.46. The summed E-state index contributed by atoms with van der Waals surface area (Å²) in [7, 11) is 0. The van der Waals surface area contributed by atoms with E-state index in [4.69, 9.17) is 26.8 Å². The number of amides is 3. The fourth-order valence-corrected chi connectivity index (χ4v) is 3.42. The molecule has 2 unspecified atom stereocenters. The van der Waals surface area contributed by atoms with E-state index in [0.29, 0.717) is 24.6 Å². The van der Waals surface area contributed by atoms with Crippen molar-refractivity contribution in [1.29, 1.82) is 0 Å². The molecule has 0 aliphatic carbocycles. The number of hydrogen-bond acceptors (Lipinski definition) is 4. The Kier molecular flexibility index (Phi) is 7.12. The van der Waals surface area contributed by atoms with Gasteiger partial charge in [-0.25, -0.2) is 9.18 Å². The van der Waals surface area contributed by atoms with E-state index in [9.17, 15) is 14.0 Å². The van der Waals surface area contributed by atoms with E-state index in [1.54, 1.807) is 29.2 Å². The van der Waals surface area contributed by atoms with Crippen LogP contribution in [0.2, 0.25) is 5.02 Å². The second-order valence-corrected chi connectivity index (χ2v) is 7.54. The van der Waals surface area contributed by atoms with Gasteiger partial charge < -0.3 is 25.4 Å². The average Bonchev–Trinajstić information content (AvgIpc) is 2.70. The van der Waals surface area contributed by atoms with Gasteiger partial charge in [0, 0.05) is 18.0 Å². The van der Waals surface area contributed by atoms with E-state index in [1.165, 1.54) is 18.2 Å². The lowest BCUT2D eigenvalue weighted by Crippen LogP contribution is -2.52. The highest BCUT2D eigenvalue weighted by atomic mass is 35.5. The molecule has 1 fully saturated rings. The normalized spacial score (nSPS) is 18.7. The number of rotatable bonds is 6. The van der Waals surface area contributed by atoms with Crippen LogP contribution in [0.25, 0.3) is 0 Å². The fraction of sp³-hybridized carbons (Fsp3) is 0.333. The summed E-state index contributed by atoms with van der Waals surface area (Å²) in [6.45, 7) is 2.47. The number of ether oxygens (including phenoxy) is 2. The van der Waals surface area contributed by atoms with Gasteiger partial charge in [0.2, 0.25) is 0 Å². The fourth-order valence-electron chi connectivity index (χ4n) is 3.25. The molecule has 0 saturated carbocycles. The second kappa shape index (κ2) is 9.77. The lowest BCUT2D eigenvalue weighted by atomic mass is 10.1. The summed E-state index contributed by atoms with van der Waals surface area (Å²) in [4.78, 5) is 25.7. The zero-order valence-electron chi connectivity index (χ0n) is 16.4. The highest BCUT2D eigenvalue weighted by molar-refractivity contribution is 6.31. The summed E-state index contributed by atoms with van der Waals surface area (Å²) in [5.41, 5.74) is 6.38. The predicted molar refractivity (Wildman–Crippen MR) is 111 cm³/mol. The minimum absolute atomic E-state index is 0.112. The van der Waals surface area contributed by atoms with Gasteiger partial charge in [-0.3, -0.25) is 4.79 Å². The summed E-state index contributed by atoms with van der Waals surface area (Å²) >= 11 is 5.94. The topological polar surface area (TPSA) is 93.9 Å². The Labute approximate surface area is 178 Å². The smallest absolute Gasteiger partial charge is 0.316 e. The van der Waals surface area contributed by atoms with Gasteiger partial charge in [0.25, 0.3) is 5.91 Å². The van der Waals surface area contributed by atoms with Crippen molar-refractivity contribution in [2.24, 2.45) is 5.73 Å². The third-order valence-electron chi connectivity index (χ3n) is 4.75. The average molecular weight is 436 g/mol. The molecule has 1 aliphatic rings. The van der Waals surface area contributed by atoms with Crippen molar-refractivity contribution in [3.63, 3.8) is 0 Å². The number of benzene rings is 2. The summed E-state index contributed by atoms with van der Waals surface area (Å²) < 4.78 is 24.6. The molecule has 30 heavy (non-hydrogen) atoms. The molecule has 3 amide bonds. The Morgan fingerprint density at radius 1 is 1.30 bits per heavy atom. The zero-order chi connectivity index (χ0) is 21.7. The summed E-state index contributed by atoms with van der Waals surface area (Å²) in [6, 6.07) is 9.98. The molecule has 2 aromatic carbocycles. The van der Waals surface area contributed by atoms with Gasteiger partial charge in [-0.2, -0.15) is 0 Å². The maximum absolute atomic E-state index is 13.1. The van der Waals surface area contributed by atoms with Crippen molar-refractivity contribution < 1.29 is 23.5 Å². The number of urea groups is 1. The number of carbonyl (C=O) groups excluding carboxylic acids is 2. The van der Waals surface area contributed by atoms with E-state index in [2.05, 4.69) is 5.32 Å². The second-order valence-electron chi connectivity index (χ2n) is 7.10. The molecule has 0 aromatic heterocycles. The number of nitrogens with one attached hydrogen (secondary N) is 1. The van der Waals surface area contributed by atoms with Crippen LogP contribution in [0.4, 0.5) is 14.9 Å². The largest absolute Gasteiger partial charge is 0.482 e. The monoisotopic (exact) mass is 435 g/mol. The Morgan fingerprint density at radius 3 is 2.73 bits per heavy atom. The van der Waals surface area contributed by atoms with E-state index in [-0.39, 0.29) is 41.9 Å². The van der Waals surface area contributed by atoms with Gasteiger partial charge in [-0.15, -0.1) is 0 Å². The van der Waals surface area contributed by atoms with Crippen LogP contribution in [0, 0.1) is 5.82 Å². The molecule has 1 saturated heterocycles. The molecule has 7 nitrogen and oxygen atoms in total. The van der Waals surface area contributed by atoms with Crippen LogP contribution in [-0.4, -0.2) is 48.7 Å². The van der Waals surface area contributed by atoms with Crippen LogP contribution in [0.3, 0.4) is 0 Å². The van der Waals surface area contributed by atoms with Crippen molar-refractivity contribution in [2.75, 3.05) is 25.1 Å². The highest BCUT2D eigenvalue weighted by Gasteiger charge is 2.30. The summed E-state index contributed by atoms with van der Waals surface area (Å²) in [6.07, 6.45) is 0.375. The molecule has 0 radical (unpaired) electrons. The van der Waals surface area contributed by atoms with Crippen molar-refractivity contribution in [3.05, 3.63) is 58.9 Å². The highest BCUT2D eigenvalue weighted by Crippen LogP contribution is 2.28. The van der Waals surface area contributed by atoms with Crippen LogP contribution in [-0.2, 0) is 16.0 Å². The van der Waals surface area contributed by atoms with E-state index in [0.717, 1.165) is 5.56 Å². The van der Waals surface area contributed by atoms with Gasteiger partial charge in [0.15, 0.2) is 6.61 Å². The van der Waals surface area contributed by atoms with Crippen LogP contribution < -0.4 is 15.8 Å². The standard InChI is InChI=1S/C21H23ClFN3O4/c1-13-11-29-17(8-14-2-5-16(23)6-3-14)10-26(13)20(27)12-30-19-7-4-15(22)9-18(19)25-21(24)28/h2-7,9,13,17H,8,10-12H2,1H3,(H3,24,25,28). The molecule has 1 aliphatic heterocycles. The first-order chi connectivity index (χ1) is 14.3. The first kappa shape index (κ1) is 21.9. The van der Waals surface area contributed by atoms with Crippen molar-refractivity contribution in [2.45, 2.75) is 25.5 Å². The molecule has 0 spiro atoms. The third kappa shape index (κ3) is 5.84. The van der Waals surface area contributed by atoms with Crippen LogP contribution in [0.5, 0.6) is 5.75 Å². The lowest BCUT2D eigenvalue weighted by Gasteiger charge is -2.38. The summed E-state index contributed by atoms with van der Waals surface area (Å²) in [5.74, 6) is -0.219. The number of morpholine rings is 1. The van der Waals surface area contributed by atoms with Crippen molar-refractivity contribution in [1.82, 2.24) is 4.90 Å². The number of nitrogens with zero attached hydrogens (tertiary/aromatic N) is 1. The van der Waals surface area contributed by atoms with E-state index < -0.39 is 6.03 Å². The van der Waals surface area contributed by atoms with Crippen molar-refractivity contribution >= 4 is 29.2 Å². The molecule has 160 valence electrons. The first-order valence-corrected chi connectivity index (χ1v) is 9.84. The molecule has 0 bridgehead atoms. The third-order valence-corrected chi connectivity index (χ3v) is 4.99. The Hall–Kier alpha value is -2.84. The molecule has 2 atom stereocenters. The minimum atomic E-state index is -0.765. The van der Waals surface area contributed by atoms with E-state index >= 15 is 0 Å². The van der Waals surface area contributed by atoms with Crippen LogP contribution >= 0.6 is 11.6 Å². The van der Waals surface area contributed by atoms with Gasteiger partial charge in [0.05, 0.1) is 24.4 Å². The molecule has 9 heteroatoms. The number of nitrogens with two attached hydrogens (primary N) is 1. The minimum Gasteiger partial charge on any atom is -0.482 e. The predicted octanol–water partition coefficient (Wildman–Crippen LogP) is 3.21. The van der Waals surface area contributed by atoms with Gasteiger partial charge >= 0.3 is 6.03 Å². The van der Waals surface area contributed by atoms with Crippen LogP contribution in [0.1, 0.15) is 12.5 Å². The van der Waals surface area contributed by atoms with Gasteiger partial charge in [0.1, 0.15) is 11.6 Å². The maximum Gasteiger partial charge on any atom is 0.316 e. The number of primary amides is 1. The van der Waals surface area contributed by atoms with Crippen molar-refractivity contribution in [3.8, 4) is 5.75 Å². The SMILES string of the molecule is CC1COC(Cc2ccc(F)cc2)CN1C(=O)COc1ccc(Cl)cc1NC(N)=O. The molecular weight excluding hydrogens is 413 g/mol. The number of hydrogen-bond donors (Lipinski definition) is 2. The number of carbonyl (C=O) groups is 2. The maximum atomic E-state index is 13.1. The lowest BCUT2D eigenvalue weighted by molar-refractivity contribution is -0.146. The molecular formula is C21H23ClFN3O4. The quantitative estimate of drug-likeness (QED) is 0.728. The number of anilines is 1. The molecule has 1 heterocycles. The van der Waals surface area contributed by atoms with Gasteiger partial charge in [-0.1, -0.05) is 23.7 Å². The molecule has 3 N–H and O–H groups in total. The molecule has 3 rings (SSSR count). The zero-order valence-corrected chi connectivity index (χ0v) is 17.2. The van der Waals surface area contributed by atoms with E-state index in [1.807, 2.05) is 6.92 Å². The Morgan fingerprint density at radius 2 is 2.03 bits per heavy atom. The Bertz CT molecular complexity index is 910. The summed E-state index contributed by atoms with van der Waals surface area (Å²) in [5, 5.41) is 2.81. The number of halogens is 2.